The summed E-state index contributed by atoms with van der Waals surface area (Å²) in [5, 5.41) is 1.49. The van der Waals surface area contributed by atoms with Gasteiger partial charge in [0.1, 0.15) is 11.5 Å². The van der Waals surface area contributed by atoms with Gasteiger partial charge >= 0.3 is 5.63 Å². The molecule has 3 nitrogen and oxygen atoms in total. The molecule has 0 amide bonds. The van der Waals surface area contributed by atoms with Gasteiger partial charge in [0.15, 0.2) is 0 Å². The largest absolute Gasteiger partial charge is 0.497 e. The molecule has 0 aliphatic rings. The summed E-state index contributed by atoms with van der Waals surface area (Å²) in [5.41, 5.74) is 1.62. The van der Waals surface area contributed by atoms with Crippen LogP contribution < -0.4 is 10.4 Å². The van der Waals surface area contributed by atoms with Crippen molar-refractivity contribution < 1.29 is 9.15 Å². The van der Waals surface area contributed by atoms with Crippen molar-refractivity contribution in [3.8, 4) is 17.1 Å². The fourth-order valence-electron chi connectivity index (χ4n) is 2.58. The van der Waals surface area contributed by atoms with Gasteiger partial charge in [0.2, 0.25) is 0 Å². The third kappa shape index (κ3) is 2.31. The van der Waals surface area contributed by atoms with Crippen molar-refractivity contribution in [2.24, 2.45) is 0 Å². The first kappa shape index (κ1) is 13.4. The van der Waals surface area contributed by atoms with Crippen LogP contribution in [0.15, 0.2) is 57.7 Å². The van der Waals surface area contributed by atoms with Crippen molar-refractivity contribution in [3.05, 3.63) is 64.5 Å². The lowest BCUT2D eigenvalue weighted by Gasteiger charge is -2.11. The van der Waals surface area contributed by atoms with Gasteiger partial charge in [-0.2, -0.15) is 0 Å². The molecule has 0 fully saturated rings. The predicted octanol–water partition coefficient (Wildman–Crippen LogP) is 4.03. The van der Waals surface area contributed by atoms with Gasteiger partial charge in [-0.05, 0) is 30.0 Å². The Morgan fingerprint density at radius 2 is 1.81 bits per heavy atom. The van der Waals surface area contributed by atoms with Crippen LogP contribution in [0.25, 0.3) is 22.1 Å². The van der Waals surface area contributed by atoms with Gasteiger partial charge in [0, 0.05) is 11.1 Å². The first-order valence-electron chi connectivity index (χ1n) is 6.93. The summed E-state index contributed by atoms with van der Waals surface area (Å²) in [6, 6.07) is 15.1. The van der Waals surface area contributed by atoms with E-state index in [2.05, 4.69) is 6.92 Å². The van der Waals surface area contributed by atoms with E-state index < -0.39 is 0 Å². The molecule has 0 bridgehead atoms. The molecule has 1 heterocycles. The number of fused-ring (bicyclic) bond motifs is 1. The van der Waals surface area contributed by atoms with E-state index in [0.717, 1.165) is 28.7 Å². The fraction of sp³-hybridized carbons (Fsp3) is 0.167. The van der Waals surface area contributed by atoms with E-state index >= 15 is 0 Å². The molecule has 0 aliphatic heterocycles. The molecule has 0 radical (unpaired) electrons. The summed E-state index contributed by atoms with van der Waals surface area (Å²) < 4.78 is 10.9. The van der Waals surface area contributed by atoms with Crippen molar-refractivity contribution in [2.45, 2.75) is 13.3 Å². The van der Waals surface area contributed by atoms with Crippen molar-refractivity contribution in [3.63, 3.8) is 0 Å². The molecule has 0 N–H and O–H groups in total. The van der Waals surface area contributed by atoms with E-state index in [9.17, 15) is 4.79 Å². The van der Waals surface area contributed by atoms with Crippen molar-refractivity contribution in [1.29, 1.82) is 0 Å². The number of methoxy groups -OCH3 is 1. The lowest BCUT2D eigenvalue weighted by atomic mass is 9.99. The molecule has 106 valence electrons. The summed E-state index contributed by atoms with van der Waals surface area (Å²) in [6.07, 6.45) is 0.775. The van der Waals surface area contributed by atoms with E-state index in [1.165, 1.54) is 0 Å². The van der Waals surface area contributed by atoms with Crippen LogP contribution in [0.5, 0.6) is 5.75 Å². The second kappa shape index (κ2) is 5.44. The van der Waals surface area contributed by atoms with Gasteiger partial charge in [0.25, 0.3) is 0 Å². The maximum atomic E-state index is 12.2. The van der Waals surface area contributed by atoms with Gasteiger partial charge in [0.05, 0.1) is 12.5 Å². The van der Waals surface area contributed by atoms with Crippen molar-refractivity contribution >= 4 is 10.8 Å². The number of ether oxygens (including phenoxy) is 1. The standard InChI is InChI=1S/C18H16O3/c1-3-14-16-11-13(20-2)9-10-15(16)18(19)21-17(14)12-7-5-4-6-8-12/h4-11H,3H2,1-2H3. The van der Waals surface area contributed by atoms with Gasteiger partial charge in [-0.15, -0.1) is 0 Å². The zero-order valence-electron chi connectivity index (χ0n) is 12.1. The van der Waals surface area contributed by atoms with Crippen molar-refractivity contribution in [2.75, 3.05) is 7.11 Å². The van der Waals surface area contributed by atoms with Crippen molar-refractivity contribution in [1.82, 2.24) is 0 Å². The van der Waals surface area contributed by atoms with Crippen LogP contribution in [0.2, 0.25) is 0 Å². The second-order valence-corrected chi connectivity index (χ2v) is 4.83. The molecule has 0 atom stereocenters. The number of benzene rings is 2. The molecule has 0 saturated carbocycles. The molecular weight excluding hydrogens is 264 g/mol. The van der Waals surface area contributed by atoms with Crippen LogP contribution in [-0.4, -0.2) is 7.11 Å². The van der Waals surface area contributed by atoms with Crippen LogP contribution >= 0.6 is 0 Å². The summed E-state index contributed by atoms with van der Waals surface area (Å²) in [6.45, 7) is 2.06. The Bertz CT molecular complexity index is 832. The monoisotopic (exact) mass is 280 g/mol. The highest BCUT2D eigenvalue weighted by Gasteiger charge is 2.14. The smallest absolute Gasteiger partial charge is 0.344 e. The highest BCUT2D eigenvalue weighted by Crippen LogP contribution is 2.30. The number of aryl methyl sites for hydroxylation is 1. The molecule has 3 aromatic rings. The molecule has 2 aromatic carbocycles. The molecule has 3 heteroatoms. The first-order valence-corrected chi connectivity index (χ1v) is 6.93. The Balaban J connectivity index is 2.38. The summed E-state index contributed by atoms with van der Waals surface area (Å²) in [4.78, 5) is 12.2. The van der Waals surface area contributed by atoms with E-state index in [0.29, 0.717) is 11.1 Å². The SMILES string of the molecule is CCc1c(-c2ccccc2)oc(=O)c2ccc(OC)cc12. The lowest BCUT2D eigenvalue weighted by Crippen LogP contribution is -2.04. The van der Waals surface area contributed by atoms with Gasteiger partial charge < -0.3 is 9.15 Å². The molecule has 21 heavy (non-hydrogen) atoms. The van der Waals surface area contributed by atoms with Crippen LogP contribution in [0, 0.1) is 0 Å². The van der Waals surface area contributed by atoms with Gasteiger partial charge in [-0.3, -0.25) is 0 Å². The maximum absolute atomic E-state index is 12.2. The third-order valence-electron chi connectivity index (χ3n) is 3.63. The molecule has 3 rings (SSSR count). The maximum Gasteiger partial charge on any atom is 0.344 e. The topological polar surface area (TPSA) is 39.4 Å². The average Bonchev–Trinajstić information content (AvgIpc) is 2.55. The van der Waals surface area contributed by atoms with E-state index in [-0.39, 0.29) is 5.63 Å². The van der Waals surface area contributed by atoms with Crippen LogP contribution in [-0.2, 0) is 6.42 Å². The van der Waals surface area contributed by atoms with Gasteiger partial charge in [-0.1, -0.05) is 37.3 Å². The highest BCUT2D eigenvalue weighted by atomic mass is 16.5. The molecule has 0 spiro atoms. The fourth-order valence-corrected chi connectivity index (χ4v) is 2.58. The third-order valence-corrected chi connectivity index (χ3v) is 3.63. The Labute approximate surface area is 122 Å². The summed E-state index contributed by atoms with van der Waals surface area (Å²) in [7, 11) is 1.62. The van der Waals surface area contributed by atoms with Crippen LogP contribution in [0.4, 0.5) is 0 Å². The minimum absolute atomic E-state index is 0.316. The molecule has 0 unspecified atom stereocenters. The van der Waals surface area contributed by atoms with Gasteiger partial charge in [-0.25, -0.2) is 4.79 Å². The zero-order valence-corrected chi connectivity index (χ0v) is 12.1. The normalized spacial score (nSPS) is 10.8. The number of hydrogen-bond acceptors (Lipinski definition) is 3. The summed E-state index contributed by atoms with van der Waals surface area (Å²) in [5.74, 6) is 1.38. The average molecular weight is 280 g/mol. The van der Waals surface area contributed by atoms with E-state index in [1.54, 1.807) is 19.2 Å². The minimum atomic E-state index is -0.316. The zero-order chi connectivity index (χ0) is 14.8. The van der Waals surface area contributed by atoms with Crippen LogP contribution in [0.1, 0.15) is 12.5 Å². The highest BCUT2D eigenvalue weighted by molar-refractivity contribution is 5.89. The van der Waals surface area contributed by atoms with Crippen LogP contribution in [0.3, 0.4) is 0 Å². The first-order chi connectivity index (χ1) is 10.2. The quantitative estimate of drug-likeness (QED) is 0.727. The number of hydrogen-bond donors (Lipinski definition) is 0. The minimum Gasteiger partial charge on any atom is -0.497 e. The van der Waals surface area contributed by atoms with E-state index in [1.807, 2.05) is 36.4 Å². The predicted molar refractivity (Wildman–Crippen MR) is 83.9 cm³/mol. The Hall–Kier alpha value is -2.55. The lowest BCUT2D eigenvalue weighted by molar-refractivity contribution is 0.415. The Morgan fingerprint density at radius 1 is 1.05 bits per heavy atom. The van der Waals surface area contributed by atoms with E-state index in [4.69, 9.17) is 9.15 Å². The summed E-state index contributed by atoms with van der Waals surface area (Å²) >= 11 is 0. The Morgan fingerprint density at radius 3 is 2.48 bits per heavy atom. The molecule has 1 aromatic heterocycles. The molecule has 0 saturated heterocycles. The Kier molecular flexibility index (Phi) is 3.48. The molecule has 0 aliphatic carbocycles. The molecular formula is C18H16O3. The second-order valence-electron chi connectivity index (χ2n) is 4.83. The number of rotatable bonds is 3.